The van der Waals surface area contributed by atoms with E-state index in [1.54, 1.807) is 24.3 Å². The summed E-state index contributed by atoms with van der Waals surface area (Å²) in [5.74, 6) is -1.18. The summed E-state index contributed by atoms with van der Waals surface area (Å²) in [5, 5.41) is 11.6. The minimum atomic E-state index is -0.846. The Morgan fingerprint density at radius 1 is 1.15 bits per heavy atom. The van der Waals surface area contributed by atoms with Crippen molar-refractivity contribution in [2.75, 3.05) is 19.6 Å². The number of likely N-dealkylation sites (tertiary alicyclic amines) is 1. The molecule has 0 aromatic heterocycles. The van der Waals surface area contributed by atoms with Crippen molar-refractivity contribution in [2.45, 2.75) is 30.8 Å². The van der Waals surface area contributed by atoms with E-state index in [9.17, 15) is 14.3 Å². The zero-order chi connectivity index (χ0) is 19.4. The lowest BCUT2D eigenvalue weighted by atomic mass is 9.84. The number of hydrogen-bond acceptors (Lipinski definition) is 3. The van der Waals surface area contributed by atoms with Gasteiger partial charge in [-0.3, -0.25) is 4.79 Å². The quantitative estimate of drug-likeness (QED) is 0.794. The number of aliphatic hydroxyl groups is 1. The maximum Gasteiger partial charge on any atom is 0.225 e. The minimum Gasteiger partial charge on any atom is -0.385 e. The highest BCUT2D eigenvalue weighted by molar-refractivity contribution is 6.30. The summed E-state index contributed by atoms with van der Waals surface area (Å²) in [6, 6.07) is 13.2. The molecule has 1 amide bonds. The Morgan fingerprint density at radius 3 is 2.30 bits per heavy atom. The number of piperidine rings is 1. The fourth-order valence-electron chi connectivity index (χ4n) is 3.68. The van der Waals surface area contributed by atoms with Crippen molar-refractivity contribution in [3.63, 3.8) is 0 Å². The van der Waals surface area contributed by atoms with Crippen molar-refractivity contribution in [1.29, 1.82) is 0 Å². The molecule has 4 nitrogen and oxygen atoms in total. The third kappa shape index (κ3) is 4.86. The first-order valence-electron chi connectivity index (χ1n) is 9.13. The Bertz CT molecular complexity index is 772. The molecule has 0 spiro atoms. The molecule has 2 aromatic carbocycles. The molecule has 0 radical (unpaired) electrons. The number of benzene rings is 2. The lowest BCUT2D eigenvalue weighted by molar-refractivity contribution is -0.119. The lowest BCUT2D eigenvalue weighted by Crippen LogP contribution is -2.43. The average molecular weight is 391 g/mol. The Labute approximate surface area is 163 Å². The molecule has 1 atom stereocenters. The number of carbonyl (C=O) groups is 1. The van der Waals surface area contributed by atoms with Gasteiger partial charge in [0.2, 0.25) is 5.91 Å². The van der Waals surface area contributed by atoms with E-state index in [0.717, 1.165) is 24.2 Å². The van der Waals surface area contributed by atoms with Crippen LogP contribution in [0.15, 0.2) is 48.5 Å². The lowest BCUT2D eigenvalue weighted by Gasteiger charge is -2.39. The van der Waals surface area contributed by atoms with Crippen LogP contribution in [0.2, 0.25) is 5.02 Å². The van der Waals surface area contributed by atoms with Gasteiger partial charge in [-0.15, -0.1) is 0 Å². The zero-order valence-corrected chi connectivity index (χ0v) is 15.8. The number of halogens is 2. The topological polar surface area (TPSA) is 66.6 Å². The van der Waals surface area contributed by atoms with Crippen LogP contribution >= 0.6 is 11.6 Å². The summed E-state index contributed by atoms with van der Waals surface area (Å²) >= 11 is 5.93. The number of amides is 1. The molecule has 0 aliphatic carbocycles. The van der Waals surface area contributed by atoms with Gasteiger partial charge in [0, 0.05) is 18.1 Å². The Morgan fingerprint density at radius 2 is 1.74 bits per heavy atom. The van der Waals surface area contributed by atoms with Crippen LogP contribution in [-0.2, 0) is 10.4 Å². The summed E-state index contributed by atoms with van der Waals surface area (Å²) in [4.78, 5) is 14.1. The van der Waals surface area contributed by atoms with E-state index in [0.29, 0.717) is 30.8 Å². The van der Waals surface area contributed by atoms with E-state index in [2.05, 4.69) is 4.90 Å². The smallest absolute Gasteiger partial charge is 0.225 e. The normalized spacial score (nSPS) is 18.2. The van der Waals surface area contributed by atoms with Crippen molar-refractivity contribution in [3.8, 4) is 0 Å². The van der Waals surface area contributed by atoms with Crippen LogP contribution in [0.4, 0.5) is 4.39 Å². The highest BCUT2D eigenvalue weighted by atomic mass is 35.5. The van der Waals surface area contributed by atoms with Gasteiger partial charge >= 0.3 is 0 Å². The van der Waals surface area contributed by atoms with Gasteiger partial charge in [-0.25, -0.2) is 4.39 Å². The fourth-order valence-corrected chi connectivity index (χ4v) is 3.80. The highest BCUT2D eigenvalue weighted by Crippen LogP contribution is 2.33. The number of primary amides is 1. The number of hydrogen-bond donors (Lipinski definition) is 2. The second-order valence-corrected chi connectivity index (χ2v) is 7.61. The molecule has 6 heteroatoms. The molecule has 3 rings (SSSR count). The van der Waals surface area contributed by atoms with Crippen molar-refractivity contribution < 1.29 is 14.3 Å². The van der Waals surface area contributed by atoms with Gasteiger partial charge in [0.25, 0.3) is 0 Å². The number of nitrogens with two attached hydrogens (primary N) is 1. The molecule has 2 aromatic rings. The van der Waals surface area contributed by atoms with Gasteiger partial charge in [-0.05, 0) is 61.2 Å². The van der Waals surface area contributed by atoms with E-state index >= 15 is 0 Å². The van der Waals surface area contributed by atoms with Gasteiger partial charge in [0.05, 0.1) is 11.5 Å². The minimum absolute atomic E-state index is 0.334. The molecule has 3 N–H and O–H groups in total. The Hall–Kier alpha value is -1.95. The first-order valence-corrected chi connectivity index (χ1v) is 9.51. The number of rotatable bonds is 6. The molecule has 0 saturated carbocycles. The summed E-state index contributed by atoms with van der Waals surface area (Å²) in [6.45, 7) is 2.16. The van der Waals surface area contributed by atoms with Crippen LogP contribution in [-0.4, -0.2) is 35.5 Å². The van der Waals surface area contributed by atoms with Crippen LogP contribution in [0.3, 0.4) is 0 Å². The van der Waals surface area contributed by atoms with Crippen molar-refractivity contribution in [3.05, 3.63) is 70.5 Å². The van der Waals surface area contributed by atoms with E-state index in [1.165, 1.54) is 12.1 Å². The maximum absolute atomic E-state index is 13.1. The van der Waals surface area contributed by atoms with Gasteiger partial charge in [0.15, 0.2) is 0 Å². The third-order valence-electron chi connectivity index (χ3n) is 5.41. The molecule has 144 valence electrons. The van der Waals surface area contributed by atoms with Crippen LogP contribution in [0.5, 0.6) is 0 Å². The Kier molecular flexibility index (Phi) is 6.15. The number of nitrogens with zero attached hydrogens (tertiary/aromatic N) is 1. The summed E-state index contributed by atoms with van der Waals surface area (Å²) in [5.41, 5.74) is 6.32. The van der Waals surface area contributed by atoms with E-state index in [1.807, 2.05) is 12.1 Å². The van der Waals surface area contributed by atoms with E-state index in [-0.39, 0.29) is 5.82 Å². The molecule has 1 heterocycles. The largest absolute Gasteiger partial charge is 0.385 e. The third-order valence-corrected chi connectivity index (χ3v) is 5.67. The fraction of sp³-hybridized carbons (Fsp3) is 0.381. The van der Waals surface area contributed by atoms with Gasteiger partial charge in [0.1, 0.15) is 5.82 Å². The molecule has 1 unspecified atom stereocenters. The van der Waals surface area contributed by atoms with Gasteiger partial charge < -0.3 is 15.7 Å². The molecule has 0 bridgehead atoms. The predicted molar refractivity (Wildman–Crippen MR) is 104 cm³/mol. The predicted octanol–water partition coefficient (Wildman–Crippen LogP) is 3.42. The van der Waals surface area contributed by atoms with Crippen molar-refractivity contribution >= 4 is 17.5 Å². The van der Waals surface area contributed by atoms with Gasteiger partial charge in [-0.1, -0.05) is 35.9 Å². The van der Waals surface area contributed by atoms with Crippen molar-refractivity contribution in [2.24, 2.45) is 5.73 Å². The molecule has 27 heavy (non-hydrogen) atoms. The van der Waals surface area contributed by atoms with E-state index < -0.39 is 17.4 Å². The highest BCUT2D eigenvalue weighted by Gasteiger charge is 2.34. The monoisotopic (exact) mass is 390 g/mol. The average Bonchev–Trinajstić information content (AvgIpc) is 2.65. The first-order chi connectivity index (χ1) is 12.9. The second-order valence-electron chi connectivity index (χ2n) is 7.18. The van der Waals surface area contributed by atoms with Crippen molar-refractivity contribution in [1.82, 2.24) is 4.90 Å². The molecule has 1 aliphatic rings. The van der Waals surface area contributed by atoms with E-state index in [4.69, 9.17) is 17.3 Å². The van der Waals surface area contributed by atoms with Crippen LogP contribution in [0.1, 0.15) is 36.3 Å². The van der Waals surface area contributed by atoms with Crippen LogP contribution < -0.4 is 5.73 Å². The first kappa shape index (κ1) is 19.8. The summed E-state index contributed by atoms with van der Waals surface area (Å²) in [7, 11) is 0. The Balaban J connectivity index is 1.57. The summed E-state index contributed by atoms with van der Waals surface area (Å²) < 4.78 is 13.1. The van der Waals surface area contributed by atoms with Crippen LogP contribution in [0.25, 0.3) is 0 Å². The SMILES string of the molecule is NC(=O)C(CCN1CCC(O)(c2ccc(Cl)cc2)CC1)c1ccc(F)cc1. The number of carbonyl (C=O) groups excluding carboxylic acids is 1. The molecular formula is C21H24ClFN2O2. The zero-order valence-electron chi connectivity index (χ0n) is 15.1. The second kappa shape index (κ2) is 8.38. The molecule has 1 saturated heterocycles. The summed E-state index contributed by atoms with van der Waals surface area (Å²) in [6.07, 6.45) is 1.80. The van der Waals surface area contributed by atoms with Gasteiger partial charge in [-0.2, -0.15) is 0 Å². The standard InChI is InChI=1S/C21H24ClFN2O2/c22-17-5-3-16(4-6-17)21(27)10-13-25(14-11-21)12-9-19(20(24)26)15-1-7-18(23)8-2-15/h1-8,19,27H,9-14H2,(H2,24,26). The molecule has 1 fully saturated rings. The molecular weight excluding hydrogens is 367 g/mol. The molecule has 1 aliphatic heterocycles. The maximum atomic E-state index is 13.1. The van der Waals surface area contributed by atoms with Crippen LogP contribution in [0, 0.1) is 5.82 Å².